The van der Waals surface area contributed by atoms with Gasteiger partial charge in [0.1, 0.15) is 0 Å². The second-order valence-electron chi connectivity index (χ2n) is 6.03. The van der Waals surface area contributed by atoms with Crippen LogP contribution in [0.5, 0.6) is 0 Å². The Kier molecular flexibility index (Phi) is 6.93. The van der Waals surface area contributed by atoms with E-state index in [2.05, 4.69) is 10.3 Å². The van der Waals surface area contributed by atoms with Crippen LogP contribution in [0.3, 0.4) is 0 Å². The van der Waals surface area contributed by atoms with Crippen LogP contribution in [0.25, 0.3) is 10.9 Å². The predicted molar refractivity (Wildman–Crippen MR) is 108 cm³/mol. The Labute approximate surface area is 162 Å². The Balaban J connectivity index is 1.31. The standard InChI is InChI=1S/C21H22N2O3S/c24-20(22-12-13-27-17-6-2-1-3-7-17)15-26-21(25)11-10-16-14-23-19-9-5-4-8-18(16)19/h1-9,14,23H,10-13,15H2,(H,22,24). The van der Waals surface area contributed by atoms with Gasteiger partial charge in [0.15, 0.2) is 6.61 Å². The number of rotatable bonds is 9. The fraction of sp³-hybridized carbons (Fsp3) is 0.238. The Morgan fingerprint density at radius 1 is 1.04 bits per heavy atom. The summed E-state index contributed by atoms with van der Waals surface area (Å²) in [4.78, 5) is 28.0. The van der Waals surface area contributed by atoms with E-state index in [4.69, 9.17) is 4.74 Å². The van der Waals surface area contributed by atoms with Gasteiger partial charge in [-0.3, -0.25) is 9.59 Å². The number of thioether (sulfide) groups is 1. The van der Waals surface area contributed by atoms with Gasteiger partial charge in [0, 0.05) is 40.7 Å². The number of aromatic nitrogens is 1. The van der Waals surface area contributed by atoms with Crippen molar-refractivity contribution in [2.75, 3.05) is 18.9 Å². The number of carbonyl (C=O) groups excluding carboxylic acids is 2. The summed E-state index contributed by atoms with van der Waals surface area (Å²) in [5.74, 6) is 0.128. The van der Waals surface area contributed by atoms with Crippen LogP contribution >= 0.6 is 11.8 Å². The van der Waals surface area contributed by atoms with Gasteiger partial charge in [0.2, 0.25) is 0 Å². The van der Waals surface area contributed by atoms with Crippen LogP contribution in [-0.4, -0.2) is 35.8 Å². The maximum Gasteiger partial charge on any atom is 0.306 e. The number of carbonyl (C=O) groups is 2. The Hall–Kier alpha value is -2.73. The molecular weight excluding hydrogens is 360 g/mol. The third-order valence-corrected chi connectivity index (χ3v) is 5.09. The number of fused-ring (bicyclic) bond motifs is 1. The molecule has 1 heterocycles. The molecule has 1 aromatic heterocycles. The highest BCUT2D eigenvalue weighted by molar-refractivity contribution is 7.99. The summed E-state index contributed by atoms with van der Waals surface area (Å²) < 4.78 is 5.06. The fourth-order valence-electron chi connectivity index (χ4n) is 2.72. The second-order valence-corrected chi connectivity index (χ2v) is 7.20. The average Bonchev–Trinajstić information content (AvgIpc) is 3.12. The quantitative estimate of drug-likeness (QED) is 0.337. The van der Waals surface area contributed by atoms with Crippen LogP contribution in [0.2, 0.25) is 0 Å². The van der Waals surface area contributed by atoms with E-state index in [-0.39, 0.29) is 24.9 Å². The Morgan fingerprint density at radius 3 is 2.67 bits per heavy atom. The van der Waals surface area contributed by atoms with E-state index in [1.807, 2.05) is 60.8 Å². The van der Waals surface area contributed by atoms with Crippen LogP contribution < -0.4 is 5.32 Å². The first-order chi connectivity index (χ1) is 13.2. The van der Waals surface area contributed by atoms with Gasteiger partial charge in [-0.1, -0.05) is 36.4 Å². The molecule has 0 aliphatic rings. The molecule has 0 aliphatic carbocycles. The molecule has 27 heavy (non-hydrogen) atoms. The van der Waals surface area contributed by atoms with E-state index in [1.165, 1.54) is 0 Å². The van der Waals surface area contributed by atoms with Crippen molar-refractivity contribution in [3.8, 4) is 0 Å². The van der Waals surface area contributed by atoms with Gasteiger partial charge in [0.05, 0.1) is 0 Å². The van der Waals surface area contributed by atoms with Crippen molar-refractivity contribution in [1.82, 2.24) is 10.3 Å². The summed E-state index contributed by atoms with van der Waals surface area (Å²) in [7, 11) is 0. The number of aryl methyl sites for hydroxylation is 1. The maximum atomic E-state index is 11.9. The molecule has 0 saturated heterocycles. The molecule has 0 unspecified atom stereocenters. The van der Waals surface area contributed by atoms with Crippen molar-refractivity contribution in [2.24, 2.45) is 0 Å². The second kappa shape index (κ2) is 9.83. The lowest BCUT2D eigenvalue weighted by molar-refractivity contribution is -0.148. The highest BCUT2D eigenvalue weighted by atomic mass is 32.2. The molecule has 2 N–H and O–H groups in total. The lowest BCUT2D eigenvalue weighted by Gasteiger charge is -2.06. The lowest BCUT2D eigenvalue weighted by atomic mass is 10.1. The van der Waals surface area contributed by atoms with Gasteiger partial charge < -0.3 is 15.0 Å². The van der Waals surface area contributed by atoms with Crippen molar-refractivity contribution in [3.63, 3.8) is 0 Å². The normalized spacial score (nSPS) is 10.7. The van der Waals surface area contributed by atoms with Crippen LogP contribution in [-0.2, 0) is 20.7 Å². The highest BCUT2D eigenvalue weighted by Gasteiger charge is 2.10. The molecule has 2 aromatic carbocycles. The minimum absolute atomic E-state index is 0.233. The van der Waals surface area contributed by atoms with Gasteiger partial charge in [-0.05, 0) is 30.2 Å². The number of esters is 1. The zero-order valence-electron chi connectivity index (χ0n) is 14.9. The number of benzene rings is 2. The van der Waals surface area contributed by atoms with E-state index >= 15 is 0 Å². The monoisotopic (exact) mass is 382 g/mol. The van der Waals surface area contributed by atoms with E-state index in [0.717, 1.165) is 27.1 Å². The molecule has 0 aliphatic heterocycles. The van der Waals surface area contributed by atoms with E-state index < -0.39 is 0 Å². The van der Waals surface area contributed by atoms with Gasteiger partial charge in [0.25, 0.3) is 5.91 Å². The van der Waals surface area contributed by atoms with E-state index in [9.17, 15) is 9.59 Å². The summed E-state index contributed by atoms with van der Waals surface area (Å²) in [5.41, 5.74) is 2.12. The Bertz CT molecular complexity index is 893. The van der Waals surface area contributed by atoms with Crippen molar-refractivity contribution in [3.05, 3.63) is 66.4 Å². The van der Waals surface area contributed by atoms with Crippen molar-refractivity contribution in [1.29, 1.82) is 0 Å². The van der Waals surface area contributed by atoms with Crippen LogP contribution in [0.4, 0.5) is 0 Å². The van der Waals surface area contributed by atoms with Crippen LogP contribution in [0.15, 0.2) is 65.7 Å². The molecule has 5 nitrogen and oxygen atoms in total. The summed E-state index contributed by atoms with van der Waals surface area (Å²) >= 11 is 1.67. The minimum atomic E-state index is -0.367. The average molecular weight is 382 g/mol. The minimum Gasteiger partial charge on any atom is -0.456 e. The van der Waals surface area contributed by atoms with Gasteiger partial charge in [-0.2, -0.15) is 0 Å². The molecule has 3 rings (SSSR count). The molecule has 140 valence electrons. The summed E-state index contributed by atoms with van der Waals surface area (Å²) in [6.07, 6.45) is 2.74. The summed E-state index contributed by atoms with van der Waals surface area (Å²) in [6, 6.07) is 18.0. The molecule has 3 aromatic rings. The molecule has 6 heteroatoms. The fourth-order valence-corrected chi connectivity index (χ4v) is 3.51. The summed E-state index contributed by atoms with van der Waals surface area (Å²) in [6.45, 7) is 0.300. The molecule has 0 saturated carbocycles. The number of H-pyrrole nitrogens is 1. The first-order valence-electron chi connectivity index (χ1n) is 8.87. The van der Waals surface area contributed by atoms with E-state index in [1.54, 1.807) is 11.8 Å². The van der Waals surface area contributed by atoms with Gasteiger partial charge in [-0.25, -0.2) is 0 Å². The lowest BCUT2D eigenvalue weighted by Crippen LogP contribution is -2.30. The number of ether oxygens (including phenoxy) is 1. The molecular formula is C21H22N2O3S. The van der Waals surface area contributed by atoms with Crippen molar-refractivity contribution in [2.45, 2.75) is 17.7 Å². The highest BCUT2D eigenvalue weighted by Crippen LogP contribution is 2.19. The zero-order valence-corrected chi connectivity index (χ0v) is 15.8. The molecule has 0 fully saturated rings. The first-order valence-corrected chi connectivity index (χ1v) is 9.86. The zero-order chi connectivity index (χ0) is 18.9. The number of nitrogens with one attached hydrogen (secondary N) is 2. The third kappa shape index (κ3) is 5.89. The number of para-hydroxylation sites is 1. The Morgan fingerprint density at radius 2 is 1.81 bits per heavy atom. The largest absolute Gasteiger partial charge is 0.456 e. The van der Waals surface area contributed by atoms with Crippen molar-refractivity contribution >= 4 is 34.5 Å². The van der Waals surface area contributed by atoms with Gasteiger partial charge >= 0.3 is 5.97 Å². The topological polar surface area (TPSA) is 71.2 Å². The number of hydrogen-bond acceptors (Lipinski definition) is 4. The van der Waals surface area contributed by atoms with Crippen molar-refractivity contribution < 1.29 is 14.3 Å². The van der Waals surface area contributed by atoms with Crippen LogP contribution in [0, 0.1) is 0 Å². The number of amides is 1. The first kappa shape index (κ1) is 19.0. The van der Waals surface area contributed by atoms with Crippen LogP contribution in [0.1, 0.15) is 12.0 Å². The predicted octanol–water partition coefficient (Wildman–Crippen LogP) is 3.55. The van der Waals surface area contributed by atoms with Gasteiger partial charge in [-0.15, -0.1) is 11.8 Å². The number of aromatic amines is 1. The third-order valence-electron chi connectivity index (χ3n) is 4.07. The number of hydrogen-bond donors (Lipinski definition) is 2. The molecule has 0 atom stereocenters. The van der Waals surface area contributed by atoms with E-state index in [0.29, 0.717) is 13.0 Å². The SMILES string of the molecule is O=C(COC(=O)CCc1c[nH]c2ccccc12)NCCSc1ccccc1. The maximum absolute atomic E-state index is 11.9. The summed E-state index contributed by atoms with van der Waals surface area (Å²) in [5, 5.41) is 3.87. The molecule has 1 amide bonds. The molecule has 0 bridgehead atoms. The molecule has 0 spiro atoms. The smallest absolute Gasteiger partial charge is 0.306 e. The molecule has 0 radical (unpaired) electrons.